The number of aliphatic carboxylic acids is 1. The van der Waals surface area contributed by atoms with Crippen molar-refractivity contribution in [1.29, 1.82) is 0 Å². The lowest BCUT2D eigenvalue weighted by molar-refractivity contribution is -0.140. The zero-order valence-electron chi connectivity index (χ0n) is 21.4. The van der Waals surface area contributed by atoms with Crippen LogP contribution in [0.15, 0.2) is 64.9 Å². The highest BCUT2D eigenvalue weighted by atomic mass is 35.5. The Labute approximate surface area is 233 Å². The average Bonchev–Trinajstić information content (AvgIpc) is 3.37. The second-order valence-electron chi connectivity index (χ2n) is 10.5. The molecule has 1 saturated carbocycles. The molecule has 2 fully saturated rings. The molecule has 1 saturated heterocycles. The smallest absolute Gasteiger partial charge is 0.325 e. The number of carboxylic acids is 1. The van der Waals surface area contributed by atoms with E-state index in [-0.39, 0.29) is 10.6 Å². The third kappa shape index (κ3) is 5.68. The number of nitrogens with zero attached hydrogens (tertiary/aromatic N) is 2. The number of carbonyl (C=O) groups is 1. The number of nitrogens with one attached hydrogen (secondary N) is 1. The number of piperidine rings is 1. The lowest BCUT2D eigenvalue weighted by atomic mass is 10.0. The van der Waals surface area contributed by atoms with Crippen molar-refractivity contribution in [2.75, 3.05) is 27.2 Å². The number of thiophene rings is 1. The van der Waals surface area contributed by atoms with Gasteiger partial charge in [-0.05, 0) is 87.4 Å². The summed E-state index contributed by atoms with van der Waals surface area (Å²) >= 11 is 7.07. The van der Waals surface area contributed by atoms with Gasteiger partial charge in [0.2, 0.25) is 0 Å². The van der Waals surface area contributed by atoms with Crippen molar-refractivity contribution >= 4 is 38.9 Å². The first-order valence-electron chi connectivity index (χ1n) is 12.7. The largest absolute Gasteiger partial charge is 0.480 e. The van der Waals surface area contributed by atoms with Gasteiger partial charge in [-0.25, -0.2) is 8.42 Å². The molecule has 2 aromatic carbocycles. The highest BCUT2D eigenvalue weighted by Gasteiger charge is 2.63. The van der Waals surface area contributed by atoms with E-state index in [0.29, 0.717) is 11.1 Å². The first-order valence-corrected chi connectivity index (χ1v) is 15.4. The van der Waals surface area contributed by atoms with Gasteiger partial charge in [-0.2, -0.15) is 4.72 Å². The number of halogens is 1. The Morgan fingerprint density at radius 1 is 1.16 bits per heavy atom. The van der Waals surface area contributed by atoms with Crippen LogP contribution in [0.4, 0.5) is 0 Å². The number of hydrogen-bond donors (Lipinski definition) is 2. The Hall–Kier alpha value is -2.27. The summed E-state index contributed by atoms with van der Waals surface area (Å²) in [5, 5.41) is 10.7. The summed E-state index contributed by atoms with van der Waals surface area (Å²) in [6.45, 7) is 2.94. The normalized spacial score (nSPS) is 22.6. The van der Waals surface area contributed by atoms with Gasteiger partial charge in [0, 0.05) is 28.4 Å². The van der Waals surface area contributed by atoms with Crippen molar-refractivity contribution in [3.8, 4) is 10.4 Å². The minimum Gasteiger partial charge on any atom is -0.480 e. The number of hydrogen-bond acceptors (Lipinski definition) is 6. The van der Waals surface area contributed by atoms with Gasteiger partial charge >= 0.3 is 5.97 Å². The Morgan fingerprint density at radius 2 is 1.87 bits per heavy atom. The topological polar surface area (TPSA) is 90.0 Å². The molecule has 202 valence electrons. The van der Waals surface area contributed by atoms with Crippen LogP contribution in [0, 0.1) is 0 Å². The molecule has 10 heteroatoms. The van der Waals surface area contributed by atoms with Crippen LogP contribution in [-0.2, 0) is 21.4 Å². The highest BCUT2D eigenvalue weighted by Crippen LogP contribution is 2.53. The molecule has 2 unspecified atom stereocenters. The maximum absolute atomic E-state index is 13.3. The standard InChI is InChI=1S/C28H32ClN3O4S2/c1-31-14-12-23(13-15-31)32(2)18-19-4-3-5-21(16-19)24-17-28(24,27(33)34)30-38(35,36)26-11-10-25(37-26)20-6-8-22(29)9-7-20/h3-11,16,23-24,30H,12-15,17-18H2,1-2H3,(H,33,34). The first kappa shape index (κ1) is 27.3. The van der Waals surface area contributed by atoms with Crippen LogP contribution in [0.25, 0.3) is 10.4 Å². The van der Waals surface area contributed by atoms with Crippen LogP contribution in [0.1, 0.15) is 36.3 Å². The number of carboxylic acid groups (broad SMARTS) is 1. The summed E-state index contributed by atoms with van der Waals surface area (Å²) in [6.07, 6.45) is 2.47. The van der Waals surface area contributed by atoms with E-state index >= 15 is 0 Å². The van der Waals surface area contributed by atoms with E-state index in [1.54, 1.807) is 18.2 Å². The molecule has 3 aromatic rings. The monoisotopic (exact) mass is 573 g/mol. The van der Waals surface area contributed by atoms with Crippen LogP contribution in [-0.4, -0.2) is 68.1 Å². The number of rotatable bonds is 9. The molecule has 5 rings (SSSR count). The molecule has 0 radical (unpaired) electrons. The molecule has 2 aliphatic rings. The maximum Gasteiger partial charge on any atom is 0.325 e. The highest BCUT2D eigenvalue weighted by molar-refractivity contribution is 7.91. The molecular formula is C28H32ClN3O4S2. The maximum atomic E-state index is 13.3. The Morgan fingerprint density at radius 3 is 2.55 bits per heavy atom. The van der Waals surface area contributed by atoms with Crippen molar-refractivity contribution < 1.29 is 18.3 Å². The fourth-order valence-electron chi connectivity index (χ4n) is 5.34. The number of sulfonamides is 1. The van der Waals surface area contributed by atoms with E-state index in [9.17, 15) is 18.3 Å². The van der Waals surface area contributed by atoms with Gasteiger partial charge in [0.15, 0.2) is 0 Å². The Balaban J connectivity index is 1.30. The van der Waals surface area contributed by atoms with Crippen LogP contribution in [0.2, 0.25) is 5.02 Å². The summed E-state index contributed by atoms with van der Waals surface area (Å²) in [5.74, 6) is -1.59. The summed E-state index contributed by atoms with van der Waals surface area (Å²) in [4.78, 5) is 17.9. The van der Waals surface area contributed by atoms with Crippen molar-refractivity contribution in [3.05, 3.63) is 76.8 Å². The molecule has 1 aliphatic carbocycles. The van der Waals surface area contributed by atoms with Crippen molar-refractivity contribution in [1.82, 2.24) is 14.5 Å². The second kappa shape index (κ2) is 10.7. The molecule has 7 nitrogen and oxygen atoms in total. The summed E-state index contributed by atoms with van der Waals surface area (Å²) in [6, 6.07) is 18.8. The predicted molar refractivity (Wildman–Crippen MR) is 151 cm³/mol. The fraction of sp³-hybridized carbons (Fsp3) is 0.393. The first-order chi connectivity index (χ1) is 18.1. The van der Waals surface area contributed by atoms with Crippen molar-refractivity contribution in [2.45, 2.75) is 47.5 Å². The zero-order chi connectivity index (χ0) is 27.1. The average molecular weight is 574 g/mol. The number of benzene rings is 2. The number of likely N-dealkylation sites (tertiary alicyclic amines) is 1. The third-order valence-corrected chi connectivity index (χ3v) is 11.1. The van der Waals surface area contributed by atoms with Gasteiger partial charge in [-0.1, -0.05) is 48.0 Å². The van der Waals surface area contributed by atoms with Crippen LogP contribution in [0.5, 0.6) is 0 Å². The minimum atomic E-state index is -4.04. The minimum absolute atomic E-state index is 0.0854. The van der Waals surface area contributed by atoms with Crippen LogP contribution >= 0.6 is 22.9 Å². The summed E-state index contributed by atoms with van der Waals surface area (Å²) < 4.78 is 29.2. The molecule has 2 N–H and O–H groups in total. The molecule has 0 spiro atoms. The lowest BCUT2D eigenvalue weighted by Crippen LogP contribution is -2.44. The van der Waals surface area contributed by atoms with Gasteiger partial charge in [-0.15, -0.1) is 11.3 Å². The quantitative estimate of drug-likeness (QED) is 0.379. The van der Waals surface area contributed by atoms with Crippen LogP contribution < -0.4 is 4.72 Å². The summed E-state index contributed by atoms with van der Waals surface area (Å²) in [7, 11) is 0.246. The SMILES string of the molecule is CN1CCC(N(C)Cc2cccc(C3CC3(NS(=O)(=O)c3ccc(-c4ccc(Cl)cc4)s3)C(=O)O)c2)CC1. The van der Waals surface area contributed by atoms with Crippen LogP contribution in [0.3, 0.4) is 0 Å². The Bertz CT molecular complexity index is 1420. The molecule has 1 aromatic heterocycles. The van der Waals surface area contributed by atoms with Gasteiger partial charge in [0.1, 0.15) is 9.75 Å². The lowest BCUT2D eigenvalue weighted by Gasteiger charge is -2.35. The molecule has 0 amide bonds. The molecule has 38 heavy (non-hydrogen) atoms. The van der Waals surface area contributed by atoms with E-state index in [1.807, 2.05) is 36.4 Å². The Kier molecular flexibility index (Phi) is 7.70. The van der Waals surface area contributed by atoms with Gasteiger partial charge in [-0.3, -0.25) is 9.69 Å². The van der Waals surface area contributed by atoms with E-state index in [4.69, 9.17) is 11.6 Å². The molecule has 0 bridgehead atoms. The van der Waals surface area contributed by atoms with E-state index in [2.05, 4.69) is 28.6 Å². The second-order valence-corrected chi connectivity index (χ2v) is 13.9. The summed E-state index contributed by atoms with van der Waals surface area (Å²) in [5.41, 5.74) is 1.24. The van der Waals surface area contributed by atoms with E-state index < -0.39 is 27.4 Å². The molecular weight excluding hydrogens is 542 g/mol. The third-order valence-electron chi connectivity index (χ3n) is 7.73. The van der Waals surface area contributed by atoms with E-state index in [0.717, 1.165) is 65.4 Å². The molecule has 1 aliphatic heterocycles. The zero-order valence-corrected chi connectivity index (χ0v) is 23.8. The van der Waals surface area contributed by atoms with Crippen molar-refractivity contribution in [2.24, 2.45) is 0 Å². The van der Waals surface area contributed by atoms with Gasteiger partial charge in [0.05, 0.1) is 0 Å². The predicted octanol–water partition coefficient (Wildman–Crippen LogP) is 4.88. The fourth-order valence-corrected chi connectivity index (χ4v) is 8.19. The molecule has 2 atom stereocenters. The van der Waals surface area contributed by atoms with E-state index in [1.165, 1.54) is 6.07 Å². The molecule has 2 heterocycles. The van der Waals surface area contributed by atoms with Gasteiger partial charge < -0.3 is 10.0 Å². The van der Waals surface area contributed by atoms with Crippen molar-refractivity contribution in [3.63, 3.8) is 0 Å². The van der Waals surface area contributed by atoms with Gasteiger partial charge in [0.25, 0.3) is 10.0 Å².